The van der Waals surface area contributed by atoms with E-state index >= 15 is 0 Å². The number of nitrogens with one attached hydrogen (secondary N) is 1. The predicted molar refractivity (Wildman–Crippen MR) is 62.3 cm³/mol. The van der Waals surface area contributed by atoms with Gasteiger partial charge in [-0.2, -0.15) is 0 Å². The Balaban J connectivity index is 1.74. The van der Waals surface area contributed by atoms with Crippen molar-refractivity contribution < 1.29 is 9.53 Å². The van der Waals surface area contributed by atoms with Gasteiger partial charge in [-0.3, -0.25) is 4.79 Å². The highest BCUT2D eigenvalue weighted by atomic mass is 32.1. The van der Waals surface area contributed by atoms with E-state index in [1.54, 1.807) is 11.3 Å². The van der Waals surface area contributed by atoms with Crippen molar-refractivity contribution in [1.82, 2.24) is 10.3 Å². The van der Waals surface area contributed by atoms with Crippen LogP contribution in [0.4, 0.5) is 0 Å². The van der Waals surface area contributed by atoms with Crippen molar-refractivity contribution in [3.8, 4) is 0 Å². The summed E-state index contributed by atoms with van der Waals surface area (Å²) in [7, 11) is 1.40. The summed E-state index contributed by atoms with van der Waals surface area (Å²) in [6, 6.07) is 0. The number of esters is 1. The highest BCUT2D eigenvalue weighted by molar-refractivity contribution is 7.09. The molecule has 1 aliphatic carbocycles. The van der Waals surface area contributed by atoms with Crippen LogP contribution in [-0.4, -0.2) is 24.6 Å². The molecule has 0 radical (unpaired) electrons. The lowest BCUT2D eigenvalue weighted by Gasteiger charge is -1.99. The summed E-state index contributed by atoms with van der Waals surface area (Å²) in [6.45, 7) is 1.90. The van der Waals surface area contributed by atoms with Crippen molar-refractivity contribution in [1.29, 1.82) is 0 Å². The van der Waals surface area contributed by atoms with Gasteiger partial charge in [-0.1, -0.05) is 0 Å². The molecule has 1 N–H and O–H groups in total. The minimum Gasteiger partial charge on any atom is -0.469 e. The summed E-state index contributed by atoms with van der Waals surface area (Å²) < 4.78 is 4.59. The zero-order chi connectivity index (χ0) is 11.4. The molecule has 5 heteroatoms. The smallest absolute Gasteiger partial charge is 0.311 e. The summed E-state index contributed by atoms with van der Waals surface area (Å²) in [6.07, 6.45) is 2.99. The molecule has 2 rings (SSSR count). The SMILES string of the molecule is COC(=O)Cc1csc(CNCC2CC2)n1. The molecule has 0 aromatic carbocycles. The standard InChI is InChI=1S/C11H16N2O2S/c1-15-11(14)4-9-7-16-10(13-9)6-12-5-8-2-3-8/h7-8,12H,2-6H2,1H3. The van der Waals surface area contributed by atoms with Gasteiger partial charge < -0.3 is 10.1 Å². The lowest BCUT2D eigenvalue weighted by Crippen LogP contribution is -2.16. The number of methoxy groups -OCH3 is 1. The maximum Gasteiger partial charge on any atom is 0.311 e. The molecule has 0 aliphatic heterocycles. The summed E-state index contributed by atoms with van der Waals surface area (Å²) in [5.74, 6) is 0.650. The molecule has 0 unspecified atom stereocenters. The van der Waals surface area contributed by atoms with Gasteiger partial charge in [0.25, 0.3) is 0 Å². The normalized spacial score (nSPS) is 15.1. The van der Waals surface area contributed by atoms with Crippen LogP contribution in [0.3, 0.4) is 0 Å². The molecule has 0 bridgehead atoms. The van der Waals surface area contributed by atoms with Crippen LogP contribution in [0.25, 0.3) is 0 Å². The van der Waals surface area contributed by atoms with Gasteiger partial charge in [-0.25, -0.2) is 4.98 Å². The number of rotatable bonds is 6. The first-order chi connectivity index (χ1) is 7.78. The van der Waals surface area contributed by atoms with E-state index in [9.17, 15) is 4.79 Å². The average molecular weight is 240 g/mol. The molecule has 1 fully saturated rings. The van der Waals surface area contributed by atoms with Gasteiger partial charge in [0.05, 0.1) is 19.2 Å². The molecule has 0 amide bonds. The lowest BCUT2D eigenvalue weighted by atomic mass is 10.3. The van der Waals surface area contributed by atoms with E-state index in [1.165, 1.54) is 20.0 Å². The summed E-state index contributed by atoms with van der Waals surface area (Å²) in [5.41, 5.74) is 0.806. The molecule has 1 saturated carbocycles. The van der Waals surface area contributed by atoms with Gasteiger partial charge >= 0.3 is 5.97 Å². The van der Waals surface area contributed by atoms with Gasteiger partial charge in [-0.05, 0) is 25.3 Å². The zero-order valence-corrected chi connectivity index (χ0v) is 10.2. The second-order valence-corrected chi connectivity index (χ2v) is 5.00. The topological polar surface area (TPSA) is 51.2 Å². The third-order valence-electron chi connectivity index (χ3n) is 2.56. The van der Waals surface area contributed by atoms with E-state index < -0.39 is 0 Å². The second kappa shape index (κ2) is 5.41. The number of hydrogen-bond acceptors (Lipinski definition) is 5. The quantitative estimate of drug-likeness (QED) is 0.763. The van der Waals surface area contributed by atoms with Gasteiger partial charge in [0.1, 0.15) is 5.01 Å². The Morgan fingerprint density at radius 2 is 2.50 bits per heavy atom. The Hall–Kier alpha value is -0.940. The molecule has 1 aliphatic rings. The van der Waals surface area contributed by atoms with E-state index in [2.05, 4.69) is 15.0 Å². The van der Waals surface area contributed by atoms with Crippen LogP contribution in [0, 0.1) is 5.92 Å². The largest absolute Gasteiger partial charge is 0.469 e. The Bertz CT molecular complexity index is 361. The summed E-state index contributed by atoms with van der Waals surface area (Å²) in [4.78, 5) is 15.4. The Morgan fingerprint density at radius 1 is 1.69 bits per heavy atom. The van der Waals surface area contributed by atoms with Crippen LogP contribution < -0.4 is 5.32 Å². The molecule has 16 heavy (non-hydrogen) atoms. The zero-order valence-electron chi connectivity index (χ0n) is 9.36. The van der Waals surface area contributed by atoms with Crippen LogP contribution in [0.5, 0.6) is 0 Å². The summed E-state index contributed by atoms with van der Waals surface area (Å²) in [5, 5.41) is 6.34. The number of aromatic nitrogens is 1. The van der Waals surface area contributed by atoms with Gasteiger partial charge in [0.2, 0.25) is 0 Å². The van der Waals surface area contributed by atoms with Crippen molar-refractivity contribution in [3.63, 3.8) is 0 Å². The van der Waals surface area contributed by atoms with Crippen LogP contribution >= 0.6 is 11.3 Å². The van der Waals surface area contributed by atoms with Crippen molar-refractivity contribution in [2.45, 2.75) is 25.8 Å². The fourth-order valence-corrected chi connectivity index (χ4v) is 2.20. The first-order valence-corrected chi connectivity index (χ1v) is 6.36. The fourth-order valence-electron chi connectivity index (χ4n) is 1.44. The van der Waals surface area contributed by atoms with Gasteiger partial charge in [0, 0.05) is 11.9 Å². The van der Waals surface area contributed by atoms with Crippen LogP contribution in [0.15, 0.2) is 5.38 Å². The fraction of sp³-hybridized carbons (Fsp3) is 0.636. The number of thiazole rings is 1. The van der Waals surface area contributed by atoms with E-state index in [0.717, 1.165) is 29.7 Å². The molecule has 1 heterocycles. The first-order valence-electron chi connectivity index (χ1n) is 5.48. The van der Waals surface area contributed by atoms with Crippen molar-refractivity contribution >= 4 is 17.3 Å². The lowest BCUT2D eigenvalue weighted by molar-refractivity contribution is -0.139. The van der Waals surface area contributed by atoms with Gasteiger partial charge in [-0.15, -0.1) is 11.3 Å². The monoisotopic (exact) mass is 240 g/mol. The highest BCUT2D eigenvalue weighted by Crippen LogP contribution is 2.27. The minimum absolute atomic E-state index is 0.234. The molecule has 4 nitrogen and oxygen atoms in total. The molecule has 0 spiro atoms. The maximum atomic E-state index is 11.0. The van der Waals surface area contributed by atoms with Crippen LogP contribution in [-0.2, 0) is 22.5 Å². The molecule has 0 atom stereocenters. The highest BCUT2D eigenvalue weighted by Gasteiger charge is 2.20. The predicted octanol–water partition coefficient (Wildman–Crippen LogP) is 1.36. The third-order valence-corrected chi connectivity index (χ3v) is 3.46. The van der Waals surface area contributed by atoms with E-state index in [1.807, 2.05) is 5.38 Å². The van der Waals surface area contributed by atoms with Crippen molar-refractivity contribution in [3.05, 3.63) is 16.1 Å². The Morgan fingerprint density at radius 3 is 3.19 bits per heavy atom. The van der Waals surface area contributed by atoms with E-state index in [-0.39, 0.29) is 12.4 Å². The number of carbonyl (C=O) groups is 1. The third kappa shape index (κ3) is 3.57. The minimum atomic E-state index is -0.234. The molecule has 1 aromatic rings. The van der Waals surface area contributed by atoms with Crippen LogP contribution in [0.1, 0.15) is 23.5 Å². The number of carbonyl (C=O) groups excluding carboxylic acids is 1. The number of hydrogen-bond donors (Lipinski definition) is 1. The Kier molecular flexibility index (Phi) is 3.90. The van der Waals surface area contributed by atoms with Gasteiger partial charge in [0.15, 0.2) is 0 Å². The van der Waals surface area contributed by atoms with E-state index in [0.29, 0.717) is 0 Å². The second-order valence-electron chi connectivity index (χ2n) is 4.06. The average Bonchev–Trinajstić information content (AvgIpc) is 2.99. The number of ether oxygens (including phenoxy) is 1. The van der Waals surface area contributed by atoms with Crippen molar-refractivity contribution in [2.24, 2.45) is 5.92 Å². The molecular formula is C11H16N2O2S. The summed E-state index contributed by atoms with van der Waals surface area (Å²) >= 11 is 1.59. The van der Waals surface area contributed by atoms with Crippen LogP contribution in [0.2, 0.25) is 0 Å². The van der Waals surface area contributed by atoms with E-state index in [4.69, 9.17) is 0 Å². The number of nitrogens with zero attached hydrogens (tertiary/aromatic N) is 1. The molecular weight excluding hydrogens is 224 g/mol. The Labute approximate surface area is 99.0 Å². The maximum absolute atomic E-state index is 11.0. The first kappa shape index (κ1) is 11.5. The molecule has 88 valence electrons. The van der Waals surface area contributed by atoms with Crippen molar-refractivity contribution in [2.75, 3.05) is 13.7 Å². The molecule has 1 aromatic heterocycles. The molecule has 0 saturated heterocycles.